The monoisotopic (exact) mass is 1680 g/mol. The molecule has 14 nitrogen and oxygen atoms in total. The Labute approximate surface area is 680 Å². The van der Waals surface area contributed by atoms with Crippen LogP contribution in [0.15, 0.2) is 174 Å². The molecule has 2 aliphatic heterocycles. The molecule has 0 bridgehead atoms. The topological polar surface area (TPSA) is 170 Å². The van der Waals surface area contributed by atoms with Crippen molar-refractivity contribution in [1.82, 2.24) is 20.4 Å². The third-order valence-corrected chi connectivity index (χ3v) is 26.8. The van der Waals surface area contributed by atoms with Gasteiger partial charge in [0, 0.05) is 82.8 Å². The quantitative estimate of drug-likeness (QED) is 0.0243. The molecule has 0 saturated carbocycles. The van der Waals surface area contributed by atoms with Crippen LogP contribution in [0.3, 0.4) is 0 Å². The summed E-state index contributed by atoms with van der Waals surface area (Å²) in [7, 11) is 4.14. The lowest BCUT2D eigenvalue weighted by Crippen LogP contribution is -2.62. The molecule has 4 amide bonds. The molecule has 2 saturated heterocycles. The summed E-state index contributed by atoms with van der Waals surface area (Å²) in [5.41, 5.74) is 11.7. The number of Topliss-reactive ketones (excluding diaryl/α,β-unsaturated/α-hetero) is 2. The fraction of sp³-hybridized carbons (Fsp3) is 0.398. The van der Waals surface area contributed by atoms with Gasteiger partial charge in [0.15, 0.2) is 35.2 Å². The van der Waals surface area contributed by atoms with Crippen LogP contribution in [0.4, 0.5) is 0 Å². The minimum Gasteiger partial charge on any atom is -0.357 e. The maximum absolute atomic E-state index is 13.3. The van der Waals surface area contributed by atoms with Gasteiger partial charge in [0.25, 0.3) is 23.6 Å². The van der Waals surface area contributed by atoms with Crippen LogP contribution < -0.4 is 10.6 Å². The number of ketones is 2. The number of carbonyl (C=O) groups excluding carboxylic acids is 6. The molecule has 4 atom stereocenters. The first kappa shape index (κ1) is 93.8. The summed E-state index contributed by atoms with van der Waals surface area (Å²) in [5, 5.41) is 4.98. The number of amides is 4. The van der Waals surface area contributed by atoms with Crippen molar-refractivity contribution in [1.29, 1.82) is 0 Å². The largest absolute Gasteiger partial charge is 0.357 e. The molecule has 6 aromatic rings. The van der Waals surface area contributed by atoms with Gasteiger partial charge in [-0.15, -0.1) is 12.0 Å². The molecule has 2 unspecified atom stereocenters. The summed E-state index contributed by atoms with van der Waals surface area (Å²) in [6, 6.07) is 46.6. The molecule has 2 fully saturated rings. The molecule has 0 aliphatic carbocycles. The Hall–Kier alpha value is -8.55. The van der Waals surface area contributed by atoms with Gasteiger partial charge in [0.1, 0.15) is 21.3 Å². The number of nitrogens with one attached hydrogen (secondary N) is 2. The molecule has 6 aromatic carbocycles. The van der Waals surface area contributed by atoms with Crippen LogP contribution in [0.25, 0.3) is 24.3 Å². The minimum atomic E-state index is -1.75. The highest BCUT2D eigenvalue weighted by molar-refractivity contribution is 14.1. The molecular formula is C93H116BrIN4O10Si. The third-order valence-electron chi connectivity index (χ3n) is 19.3. The van der Waals surface area contributed by atoms with Crippen molar-refractivity contribution in [2.75, 3.05) is 54.6 Å². The number of carbonyl (C=O) groups is 6. The molecule has 586 valence electrons. The molecule has 2 heterocycles. The standard InChI is InChI=1S/C31H36N2O5.C21H32Si.C19H25IN2O5.C12H12.C10H11Br/c1-5-6-9-23-11-13-24(14-12-23)15-16-25-17-19-26(20-18-25)29(35)33(4)31(2,30(36)32-3)27(34)22-38-28-10-7-8-21-37-28;1-8-9-10-20-11-13-21(14-12-20)15-16-22(17(2)3,18(4)5)19(6)7;1-19(18(25)21-2,15(23)12-27-16-6-4-5-11-26-16)22(3)17(24)13-7-9-14(20)10-8-13;1-3-5-6-12-9-7-11(4-2)8-10-12;1-2-3-4-9-5-7-10(11)8-6-9/h6,9,11-14,17-20,28H,5,7-8,10,21-22H2,1-4H3,(H,32,36);9-14,17-19H,8H2,1-7H3;7-10,16H,4-6,11-12H2,1-3H3,(H,21,25);2,5-10H,3H2,1H3;3-8H,2H2,1H3/b9-6+;10-9+;;6-5+;4-3+/t28?,31-;;16?,19-;;/m1.1../s1. The Bertz CT molecular complexity index is 4130. The zero-order valence-electron chi connectivity index (χ0n) is 67.6. The van der Waals surface area contributed by atoms with Gasteiger partial charge in [-0.25, -0.2) is 0 Å². The Morgan fingerprint density at radius 3 is 1.12 bits per heavy atom. The molecule has 8 rings (SSSR count). The van der Waals surface area contributed by atoms with E-state index < -0.39 is 66.9 Å². The summed E-state index contributed by atoms with van der Waals surface area (Å²) in [6.45, 7) is 26.1. The van der Waals surface area contributed by atoms with Crippen LogP contribution in [0.1, 0.15) is 213 Å². The summed E-state index contributed by atoms with van der Waals surface area (Å²) in [4.78, 5) is 79.9. The van der Waals surface area contributed by atoms with E-state index in [-0.39, 0.29) is 13.2 Å². The van der Waals surface area contributed by atoms with Crippen LogP contribution in [0.2, 0.25) is 16.6 Å². The Kier molecular flexibility index (Phi) is 42.4. The van der Waals surface area contributed by atoms with Crippen molar-refractivity contribution < 1.29 is 47.7 Å². The number of ether oxygens (including phenoxy) is 4. The van der Waals surface area contributed by atoms with Crippen molar-refractivity contribution in [3.8, 4) is 35.6 Å². The maximum Gasteiger partial charge on any atom is 0.254 e. The van der Waals surface area contributed by atoms with E-state index in [0.29, 0.717) is 53.8 Å². The summed E-state index contributed by atoms with van der Waals surface area (Å²) in [6.07, 6.45) is 30.8. The van der Waals surface area contributed by atoms with Crippen LogP contribution in [0.5, 0.6) is 0 Å². The maximum atomic E-state index is 13.3. The molecule has 2 aliphatic rings. The molecule has 0 spiro atoms. The first-order valence-electron chi connectivity index (χ1n) is 38.3. The van der Waals surface area contributed by atoms with Gasteiger partial charge in [-0.3, -0.25) is 28.8 Å². The Balaban J connectivity index is 0.000000311. The van der Waals surface area contributed by atoms with E-state index in [1.807, 2.05) is 48.5 Å². The van der Waals surface area contributed by atoms with E-state index in [1.54, 1.807) is 48.5 Å². The molecule has 17 heteroatoms. The number of rotatable bonds is 25. The second-order valence-corrected chi connectivity index (χ2v) is 35.6. The van der Waals surface area contributed by atoms with Crippen LogP contribution in [-0.4, -0.2) is 131 Å². The highest BCUT2D eigenvalue weighted by atomic mass is 127. The van der Waals surface area contributed by atoms with E-state index in [2.05, 4.69) is 245 Å². The average Bonchev–Trinajstić information content (AvgIpc) is 0.799. The summed E-state index contributed by atoms with van der Waals surface area (Å²) < 4.78 is 24.3. The van der Waals surface area contributed by atoms with Gasteiger partial charge in [-0.1, -0.05) is 206 Å². The fourth-order valence-corrected chi connectivity index (χ4v) is 18.0. The van der Waals surface area contributed by atoms with Gasteiger partial charge < -0.3 is 39.4 Å². The highest BCUT2D eigenvalue weighted by Gasteiger charge is 2.48. The van der Waals surface area contributed by atoms with Crippen LogP contribution in [-0.2, 0) is 38.1 Å². The van der Waals surface area contributed by atoms with Gasteiger partial charge in [0.05, 0.1) is 0 Å². The predicted molar refractivity (Wildman–Crippen MR) is 466 cm³/mol. The number of hydrogen-bond acceptors (Lipinski definition) is 10. The number of nitrogens with zero attached hydrogens (tertiary/aromatic N) is 2. The Morgan fingerprint density at radius 2 is 0.818 bits per heavy atom. The second kappa shape index (κ2) is 49.7. The number of terminal acetylenes is 1. The Morgan fingerprint density at radius 1 is 0.509 bits per heavy atom. The average molecular weight is 1680 g/mol. The number of hydrogen-bond donors (Lipinski definition) is 2. The number of benzene rings is 6. The van der Waals surface area contributed by atoms with Crippen molar-refractivity contribution in [2.45, 2.75) is 188 Å². The third kappa shape index (κ3) is 29.6. The number of allylic oxidation sites excluding steroid dienone is 4. The first-order chi connectivity index (χ1) is 52.6. The molecule has 0 aromatic heterocycles. The van der Waals surface area contributed by atoms with E-state index in [4.69, 9.17) is 25.4 Å². The van der Waals surface area contributed by atoms with Gasteiger partial charge >= 0.3 is 0 Å². The van der Waals surface area contributed by atoms with E-state index in [9.17, 15) is 28.8 Å². The zero-order chi connectivity index (χ0) is 81.2. The molecule has 2 N–H and O–H groups in total. The van der Waals surface area contributed by atoms with Crippen molar-refractivity contribution in [3.63, 3.8) is 0 Å². The van der Waals surface area contributed by atoms with Gasteiger partial charge in [-0.2, -0.15) is 0 Å². The summed E-state index contributed by atoms with van der Waals surface area (Å²) in [5.74, 6) is 9.25. The SMILES string of the molecule is C#Cc1ccc(/C=C/CC)cc1.CC/C=C/c1ccc(Br)cc1.CC/C=C/c1ccc(C#C[Si](C(C)C)(C(C)C)C(C)C)cc1.CC/C=C/c1ccc(C#Cc2ccc(C(=O)N(C)[C@](C)(C(=O)COC3CCCCO3)C(=O)NC)cc2)cc1.CNC(=O)[C@@](C)(C(=O)COC1CCCCO1)N(C)C(=O)c1ccc(I)cc1. The zero-order valence-corrected chi connectivity index (χ0v) is 72.3. The van der Waals surface area contributed by atoms with Crippen LogP contribution >= 0.6 is 38.5 Å². The van der Waals surface area contributed by atoms with Crippen LogP contribution in [0, 0.1) is 39.2 Å². The van der Waals surface area contributed by atoms with Crippen molar-refractivity contribution >= 4 is 106 Å². The summed E-state index contributed by atoms with van der Waals surface area (Å²) >= 11 is 5.53. The van der Waals surface area contributed by atoms with E-state index >= 15 is 0 Å². The first-order valence-corrected chi connectivity index (χ1v) is 42.4. The molecule has 0 radical (unpaired) electrons. The second-order valence-electron chi connectivity index (χ2n) is 27.9. The molecular weight excluding hydrogens is 1570 g/mol. The number of halogens is 2. The lowest BCUT2D eigenvalue weighted by molar-refractivity contribution is -0.174. The van der Waals surface area contributed by atoms with Gasteiger partial charge in [0.2, 0.25) is 0 Å². The smallest absolute Gasteiger partial charge is 0.254 e. The van der Waals surface area contributed by atoms with Gasteiger partial charge in [-0.05, 0) is 237 Å². The number of likely N-dealkylation sites (N-methyl/N-ethyl adjacent to an activating group) is 4. The lowest BCUT2D eigenvalue weighted by Gasteiger charge is -2.38. The lowest BCUT2D eigenvalue weighted by atomic mass is 9.92. The highest BCUT2D eigenvalue weighted by Crippen LogP contribution is 2.41. The fourth-order valence-electron chi connectivity index (χ4n) is 12.2. The minimum absolute atomic E-state index is 0.307. The van der Waals surface area contributed by atoms with Crippen molar-refractivity contribution in [3.05, 3.63) is 234 Å². The van der Waals surface area contributed by atoms with E-state index in [0.717, 1.165) is 92.1 Å². The predicted octanol–water partition coefficient (Wildman–Crippen LogP) is 19.8. The van der Waals surface area contributed by atoms with Crippen molar-refractivity contribution in [2.24, 2.45) is 0 Å². The van der Waals surface area contributed by atoms with E-state index in [1.165, 1.54) is 63.6 Å². The molecule has 110 heavy (non-hydrogen) atoms. The normalized spacial score (nSPS) is 15.1.